The minimum Gasteiger partial charge on any atom is -0.328 e. The third-order valence-electron chi connectivity index (χ3n) is 5.13. The van der Waals surface area contributed by atoms with Crippen LogP contribution in [0.3, 0.4) is 0 Å². The van der Waals surface area contributed by atoms with Gasteiger partial charge in [0.15, 0.2) is 0 Å². The number of hydrogen-bond donors (Lipinski definition) is 2. The summed E-state index contributed by atoms with van der Waals surface area (Å²) in [4.78, 5) is 15.0. The third-order valence-corrected chi connectivity index (χ3v) is 5.13. The molecular formula is C22H24F4N4O. The van der Waals surface area contributed by atoms with Crippen molar-refractivity contribution in [2.24, 2.45) is 5.92 Å². The lowest BCUT2D eigenvalue weighted by atomic mass is 9.94. The fourth-order valence-electron chi connectivity index (χ4n) is 3.39. The van der Waals surface area contributed by atoms with E-state index in [2.05, 4.69) is 21.7 Å². The maximum atomic E-state index is 14.9. The number of benzene rings is 1. The molecule has 0 saturated heterocycles. The molecule has 0 radical (unpaired) electrons. The average molecular weight is 436 g/mol. The number of alkyl halides is 3. The SMILES string of the molecule is CNC(CCC1CC1)c1cc(F)c(Cc2ccncc2C#N)cc1NC=O.FC(F)F. The van der Waals surface area contributed by atoms with Crippen LogP contribution in [0, 0.1) is 23.1 Å². The largest absolute Gasteiger partial charge is 0.379 e. The van der Waals surface area contributed by atoms with Gasteiger partial charge in [0.25, 0.3) is 0 Å². The number of carbonyl (C=O) groups excluding carboxylic acids is 1. The molecule has 0 bridgehead atoms. The molecule has 1 aromatic carbocycles. The highest BCUT2D eigenvalue weighted by Gasteiger charge is 2.24. The molecule has 3 rings (SSSR count). The van der Waals surface area contributed by atoms with Crippen LogP contribution < -0.4 is 10.6 Å². The Morgan fingerprint density at radius 3 is 2.58 bits per heavy atom. The van der Waals surface area contributed by atoms with E-state index in [9.17, 15) is 27.6 Å². The number of hydrogen-bond acceptors (Lipinski definition) is 4. The molecule has 1 aliphatic rings. The number of halogens is 4. The number of nitrogens with zero attached hydrogens (tertiary/aromatic N) is 2. The maximum absolute atomic E-state index is 14.9. The van der Waals surface area contributed by atoms with Gasteiger partial charge < -0.3 is 10.6 Å². The van der Waals surface area contributed by atoms with E-state index in [1.807, 2.05) is 7.05 Å². The molecule has 1 heterocycles. The van der Waals surface area contributed by atoms with Crippen molar-refractivity contribution < 1.29 is 22.4 Å². The van der Waals surface area contributed by atoms with E-state index in [4.69, 9.17) is 0 Å². The van der Waals surface area contributed by atoms with Gasteiger partial charge >= 0.3 is 6.68 Å². The predicted octanol–water partition coefficient (Wildman–Crippen LogP) is 4.88. The minimum atomic E-state index is -3.67. The topological polar surface area (TPSA) is 77.8 Å². The summed E-state index contributed by atoms with van der Waals surface area (Å²) in [6.45, 7) is -3.67. The van der Waals surface area contributed by atoms with Crippen LogP contribution in [-0.4, -0.2) is 25.1 Å². The molecule has 31 heavy (non-hydrogen) atoms. The first-order valence-corrected chi connectivity index (χ1v) is 9.84. The van der Waals surface area contributed by atoms with E-state index >= 15 is 0 Å². The summed E-state index contributed by atoms with van der Waals surface area (Å²) in [5, 5.41) is 15.2. The summed E-state index contributed by atoms with van der Waals surface area (Å²) in [6, 6.07) is 6.94. The summed E-state index contributed by atoms with van der Waals surface area (Å²) >= 11 is 0. The molecule has 1 atom stereocenters. The van der Waals surface area contributed by atoms with Gasteiger partial charge in [0.1, 0.15) is 11.9 Å². The molecular weight excluding hydrogens is 412 g/mol. The smallest absolute Gasteiger partial charge is 0.328 e. The first kappa shape index (κ1) is 24.3. The highest BCUT2D eigenvalue weighted by molar-refractivity contribution is 5.74. The number of carbonyl (C=O) groups is 1. The van der Waals surface area contributed by atoms with E-state index in [0.29, 0.717) is 28.8 Å². The molecule has 5 nitrogen and oxygen atoms in total. The number of rotatable bonds is 9. The van der Waals surface area contributed by atoms with Gasteiger partial charge in [-0.25, -0.2) is 4.39 Å². The van der Waals surface area contributed by atoms with Crippen LogP contribution in [0.2, 0.25) is 0 Å². The number of amides is 1. The van der Waals surface area contributed by atoms with Gasteiger partial charge in [-0.15, -0.1) is 0 Å². The number of nitrogens with one attached hydrogen (secondary N) is 2. The summed E-state index contributed by atoms with van der Waals surface area (Å²) in [6.07, 6.45) is 8.47. The van der Waals surface area contributed by atoms with Crippen LogP contribution in [0.15, 0.2) is 30.6 Å². The Morgan fingerprint density at radius 1 is 1.29 bits per heavy atom. The fraction of sp³-hybridized carbons (Fsp3) is 0.409. The van der Waals surface area contributed by atoms with Crippen molar-refractivity contribution in [3.8, 4) is 6.07 Å². The molecule has 1 saturated carbocycles. The normalized spacial score (nSPS) is 13.7. The number of anilines is 1. The lowest BCUT2D eigenvalue weighted by Gasteiger charge is -2.21. The van der Waals surface area contributed by atoms with Crippen molar-refractivity contribution in [1.82, 2.24) is 10.3 Å². The standard InChI is InChI=1S/C21H23FN4O.CHF3/c1-24-20(5-4-14-2-3-14)18-10-19(22)16(9-21(18)26-13-27)8-15-6-7-25-12-17(15)11-23;2-1(3)4/h6-7,9-10,12-14,20,24H,2-5,8H2,1H3,(H,26,27);1H. The number of nitriles is 1. The van der Waals surface area contributed by atoms with Crippen molar-refractivity contribution in [1.29, 1.82) is 5.26 Å². The Labute approximate surface area is 178 Å². The van der Waals surface area contributed by atoms with Crippen molar-refractivity contribution in [3.05, 3.63) is 58.7 Å². The molecule has 1 aromatic heterocycles. The molecule has 1 fully saturated rings. The second kappa shape index (κ2) is 12.0. The first-order valence-electron chi connectivity index (χ1n) is 9.84. The van der Waals surface area contributed by atoms with Crippen LogP contribution in [0.1, 0.15) is 54.0 Å². The van der Waals surface area contributed by atoms with Gasteiger partial charge in [-0.2, -0.15) is 18.4 Å². The lowest BCUT2D eigenvalue weighted by Crippen LogP contribution is -2.19. The summed E-state index contributed by atoms with van der Waals surface area (Å²) in [7, 11) is 1.85. The average Bonchev–Trinajstić information content (AvgIpc) is 3.56. The van der Waals surface area contributed by atoms with Gasteiger partial charge in [-0.1, -0.05) is 12.8 Å². The van der Waals surface area contributed by atoms with Crippen molar-refractivity contribution in [2.45, 2.75) is 44.8 Å². The van der Waals surface area contributed by atoms with E-state index in [0.717, 1.165) is 24.3 Å². The Balaban J connectivity index is 0.000000785. The van der Waals surface area contributed by atoms with Gasteiger partial charge in [-0.3, -0.25) is 9.78 Å². The van der Waals surface area contributed by atoms with Crippen LogP contribution in [0.5, 0.6) is 0 Å². The minimum absolute atomic E-state index is 0.0211. The molecule has 0 spiro atoms. The molecule has 2 N–H and O–H groups in total. The quantitative estimate of drug-likeness (QED) is 0.434. The summed E-state index contributed by atoms with van der Waals surface area (Å²) < 4.78 is 43.9. The molecule has 1 unspecified atom stereocenters. The zero-order chi connectivity index (χ0) is 22.8. The monoisotopic (exact) mass is 436 g/mol. The third kappa shape index (κ3) is 7.64. The number of aromatic nitrogens is 1. The van der Waals surface area contributed by atoms with Gasteiger partial charge in [0.2, 0.25) is 6.41 Å². The van der Waals surface area contributed by atoms with E-state index < -0.39 is 6.68 Å². The van der Waals surface area contributed by atoms with Crippen LogP contribution in [0.25, 0.3) is 0 Å². The maximum Gasteiger partial charge on any atom is 0.379 e. The molecule has 166 valence electrons. The molecule has 0 aliphatic heterocycles. The van der Waals surface area contributed by atoms with Gasteiger partial charge in [0.05, 0.1) is 5.56 Å². The predicted molar refractivity (Wildman–Crippen MR) is 109 cm³/mol. The van der Waals surface area contributed by atoms with Crippen molar-refractivity contribution in [3.63, 3.8) is 0 Å². The molecule has 9 heteroatoms. The van der Waals surface area contributed by atoms with Crippen molar-refractivity contribution >= 4 is 12.1 Å². The Hall–Kier alpha value is -2.99. The highest BCUT2D eigenvalue weighted by Crippen LogP contribution is 2.37. The second-order valence-corrected chi connectivity index (χ2v) is 7.22. The zero-order valence-electron chi connectivity index (χ0n) is 17.0. The van der Waals surface area contributed by atoms with E-state index in [1.54, 1.807) is 18.3 Å². The Morgan fingerprint density at radius 2 is 2.00 bits per heavy atom. The van der Waals surface area contributed by atoms with E-state index in [1.165, 1.54) is 25.1 Å². The highest BCUT2D eigenvalue weighted by atomic mass is 19.4. The van der Waals surface area contributed by atoms with Crippen molar-refractivity contribution in [2.75, 3.05) is 12.4 Å². The van der Waals surface area contributed by atoms with Crippen LogP contribution in [0.4, 0.5) is 23.2 Å². The lowest BCUT2D eigenvalue weighted by molar-refractivity contribution is -0.105. The van der Waals surface area contributed by atoms with Crippen LogP contribution in [-0.2, 0) is 11.2 Å². The summed E-state index contributed by atoms with van der Waals surface area (Å²) in [5.74, 6) is 0.442. The molecule has 2 aromatic rings. The Kier molecular flexibility index (Phi) is 9.40. The number of pyridine rings is 1. The molecule has 1 aliphatic carbocycles. The fourth-order valence-corrected chi connectivity index (χ4v) is 3.39. The van der Waals surface area contributed by atoms with Gasteiger partial charge in [-0.05, 0) is 60.7 Å². The molecule has 1 amide bonds. The Bertz CT molecular complexity index is 910. The second-order valence-electron chi connectivity index (χ2n) is 7.22. The van der Waals surface area contributed by atoms with Crippen LogP contribution >= 0.6 is 0 Å². The van der Waals surface area contributed by atoms with E-state index in [-0.39, 0.29) is 18.3 Å². The first-order chi connectivity index (χ1) is 14.9. The zero-order valence-corrected chi connectivity index (χ0v) is 17.0. The van der Waals surface area contributed by atoms with Gasteiger partial charge in [0, 0.05) is 30.5 Å². The summed E-state index contributed by atoms with van der Waals surface area (Å²) in [5.41, 5.74) is 2.91.